The molecule has 1 unspecified atom stereocenters. The summed E-state index contributed by atoms with van der Waals surface area (Å²) < 4.78 is 11.0. The summed E-state index contributed by atoms with van der Waals surface area (Å²) in [6.07, 6.45) is 6.97. The molecule has 0 heterocycles. The van der Waals surface area contributed by atoms with Gasteiger partial charge in [-0.1, -0.05) is 84.4 Å². The second-order valence-corrected chi connectivity index (χ2v) is 9.68. The Morgan fingerprint density at radius 2 is 1.62 bits per heavy atom. The first-order valence-corrected chi connectivity index (χ1v) is 13.2. The van der Waals surface area contributed by atoms with E-state index in [1.165, 1.54) is 12.7 Å². The van der Waals surface area contributed by atoms with Crippen molar-refractivity contribution in [3.8, 4) is 11.8 Å². The fourth-order valence-corrected chi connectivity index (χ4v) is 4.51. The van der Waals surface area contributed by atoms with Gasteiger partial charge in [0.15, 0.2) is 0 Å². The number of halogens is 1. The van der Waals surface area contributed by atoms with Gasteiger partial charge in [0.1, 0.15) is 12.4 Å². The van der Waals surface area contributed by atoms with Crippen LogP contribution < -0.4 is 4.74 Å². The van der Waals surface area contributed by atoms with Crippen molar-refractivity contribution < 1.29 is 14.3 Å². The molecule has 196 valence electrons. The number of para-hydroxylation sites is 1. The molecule has 0 radical (unpaired) electrons. The maximum absolute atomic E-state index is 11.8. The van der Waals surface area contributed by atoms with E-state index in [2.05, 4.69) is 18.2 Å². The van der Waals surface area contributed by atoms with Crippen molar-refractivity contribution in [3.63, 3.8) is 0 Å². The van der Waals surface area contributed by atoms with Crippen molar-refractivity contribution in [3.05, 3.63) is 142 Å². The topological polar surface area (TPSA) is 59.3 Å². The average Bonchev–Trinajstić information content (AvgIpc) is 2.98. The van der Waals surface area contributed by atoms with Crippen LogP contribution in [0.2, 0.25) is 5.02 Å². The number of hydrogen-bond acceptors (Lipinski definition) is 4. The Balaban J connectivity index is 1.51. The molecular formula is C34H30ClNO3. The zero-order valence-corrected chi connectivity index (χ0v) is 22.6. The van der Waals surface area contributed by atoms with Crippen molar-refractivity contribution in [1.82, 2.24) is 0 Å². The van der Waals surface area contributed by atoms with Crippen molar-refractivity contribution in [2.45, 2.75) is 25.9 Å². The monoisotopic (exact) mass is 535 g/mol. The Morgan fingerprint density at radius 1 is 0.923 bits per heavy atom. The van der Waals surface area contributed by atoms with Gasteiger partial charge in [-0.05, 0) is 72.7 Å². The van der Waals surface area contributed by atoms with Crippen LogP contribution in [0.3, 0.4) is 0 Å². The summed E-state index contributed by atoms with van der Waals surface area (Å²) in [4.78, 5) is 11.8. The quantitative estimate of drug-likeness (QED) is 0.182. The minimum absolute atomic E-state index is 0.237. The maximum atomic E-state index is 11.8. The number of allylic oxidation sites excluding steroid dienone is 1. The zero-order chi connectivity index (χ0) is 27.5. The Hall–Kier alpha value is -4.33. The molecule has 39 heavy (non-hydrogen) atoms. The van der Waals surface area contributed by atoms with E-state index in [1.807, 2.05) is 84.9 Å². The Kier molecular flexibility index (Phi) is 9.94. The van der Waals surface area contributed by atoms with Gasteiger partial charge in [-0.15, -0.1) is 0 Å². The zero-order valence-electron chi connectivity index (χ0n) is 21.8. The predicted molar refractivity (Wildman–Crippen MR) is 156 cm³/mol. The third-order valence-electron chi connectivity index (χ3n) is 6.57. The van der Waals surface area contributed by atoms with Crippen LogP contribution in [0.15, 0.2) is 103 Å². The predicted octanol–water partition coefficient (Wildman–Crippen LogP) is 8.08. The number of aryl methyl sites for hydroxylation is 1. The van der Waals surface area contributed by atoms with E-state index < -0.39 is 0 Å². The number of hydrogen-bond donors (Lipinski definition) is 0. The van der Waals surface area contributed by atoms with Gasteiger partial charge in [0, 0.05) is 16.1 Å². The summed E-state index contributed by atoms with van der Waals surface area (Å²) in [5, 5.41) is 9.78. The fourth-order valence-electron chi connectivity index (χ4n) is 4.32. The molecule has 0 aromatic heterocycles. The molecule has 4 aromatic carbocycles. The molecule has 4 rings (SSSR count). The van der Waals surface area contributed by atoms with E-state index >= 15 is 0 Å². The standard InChI is InChI=1S/C34H30ClNO3/c1-38-34(37)30-20-17-27(18-21-30)22-26(13-10-25-11-14-28(23-36)15-12-25)16-19-29-6-3-5-9-33(29)39-24-31-7-2-4-8-32(31)35/h2-9,11-12,14-21,26H,10,13,22,24H2,1H3/b19-16+. The van der Waals surface area contributed by atoms with E-state index in [1.54, 1.807) is 12.1 Å². The molecule has 1 atom stereocenters. The molecule has 0 amide bonds. The first-order chi connectivity index (χ1) is 19.1. The summed E-state index contributed by atoms with van der Waals surface area (Å²) in [6.45, 7) is 0.388. The van der Waals surface area contributed by atoms with Crippen LogP contribution in [0.1, 0.15) is 44.6 Å². The molecule has 0 aliphatic carbocycles. The third-order valence-corrected chi connectivity index (χ3v) is 6.94. The first-order valence-electron chi connectivity index (χ1n) is 12.9. The highest BCUT2D eigenvalue weighted by atomic mass is 35.5. The number of benzene rings is 4. The van der Waals surface area contributed by atoms with Gasteiger partial charge in [0.2, 0.25) is 0 Å². The molecular weight excluding hydrogens is 506 g/mol. The Morgan fingerprint density at radius 3 is 2.33 bits per heavy atom. The van der Waals surface area contributed by atoms with Gasteiger partial charge in [-0.3, -0.25) is 0 Å². The van der Waals surface area contributed by atoms with E-state index in [9.17, 15) is 4.79 Å². The lowest BCUT2D eigenvalue weighted by atomic mass is 9.91. The highest BCUT2D eigenvalue weighted by Crippen LogP contribution is 2.25. The lowest BCUT2D eigenvalue weighted by molar-refractivity contribution is 0.0600. The SMILES string of the molecule is COC(=O)c1ccc(CC(/C=C/c2ccccc2OCc2ccccc2Cl)CCc2ccc(C#N)cc2)cc1. The number of methoxy groups -OCH3 is 1. The summed E-state index contributed by atoms with van der Waals surface area (Å²) >= 11 is 6.31. The van der Waals surface area contributed by atoms with Gasteiger partial charge < -0.3 is 9.47 Å². The fraction of sp³-hybridized carbons (Fsp3) is 0.176. The van der Waals surface area contributed by atoms with Crippen molar-refractivity contribution in [2.24, 2.45) is 5.92 Å². The van der Waals surface area contributed by atoms with Crippen LogP contribution in [0.4, 0.5) is 0 Å². The lowest BCUT2D eigenvalue weighted by Crippen LogP contribution is -2.05. The first kappa shape index (κ1) is 27.7. The Bertz CT molecular complexity index is 1450. The van der Waals surface area contributed by atoms with Crippen molar-refractivity contribution >= 4 is 23.6 Å². The molecule has 0 saturated heterocycles. The smallest absolute Gasteiger partial charge is 0.337 e. The highest BCUT2D eigenvalue weighted by molar-refractivity contribution is 6.31. The minimum Gasteiger partial charge on any atom is -0.488 e. The number of carbonyl (C=O) groups excluding carboxylic acids is 1. The molecule has 4 nitrogen and oxygen atoms in total. The van der Waals surface area contributed by atoms with Crippen LogP contribution in [0.5, 0.6) is 5.75 Å². The van der Waals surface area contributed by atoms with Gasteiger partial charge >= 0.3 is 5.97 Å². The average molecular weight is 536 g/mol. The minimum atomic E-state index is -0.341. The van der Waals surface area contributed by atoms with E-state index in [0.29, 0.717) is 22.8 Å². The number of carbonyl (C=O) groups is 1. The highest BCUT2D eigenvalue weighted by Gasteiger charge is 2.11. The lowest BCUT2D eigenvalue weighted by Gasteiger charge is -2.15. The molecule has 0 spiro atoms. The second kappa shape index (κ2) is 14.0. The Labute approximate surface area is 235 Å². The van der Waals surface area contributed by atoms with Crippen LogP contribution in [-0.4, -0.2) is 13.1 Å². The summed E-state index contributed by atoms with van der Waals surface area (Å²) in [7, 11) is 1.39. The van der Waals surface area contributed by atoms with Gasteiger partial charge in [0.25, 0.3) is 0 Å². The molecule has 5 heteroatoms. The van der Waals surface area contributed by atoms with Crippen molar-refractivity contribution in [2.75, 3.05) is 7.11 Å². The molecule has 0 N–H and O–H groups in total. The molecule has 0 aliphatic rings. The number of nitrogens with zero attached hydrogens (tertiary/aromatic N) is 1. The molecule has 0 bridgehead atoms. The van der Waals surface area contributed by atoms with Crippen LogP contribution in [0.25, 0.3) is 6.08 Å². The van der Waals surface area contributed by atoms with Crippen LogP contribution in [0, 0.1) is 17.2 Å². The number of nitriles is 1. The second-order valence-electron chi connectivity index (χ2n) is 9.28. The third kappa shape index (κ3) is 8.07. The maximum Gasteiger partial charge on any atom is 0.337 e. The normalized spacial score (nSPS) is 11.6. The number of esters is 1. The number of ether oxygens (including phenoxy) is 2. The van der Waals surface area contributed by atoms with E-state index in [-0.39, 0.29) is 11.9 Å². The molecule has 0 aliphatic heterocycles. The summed E-state index contributed by atoms with van der Waals surface area (Å²) in [6, 6.07) is 33.2. The number of rotatable bonds is 11. The van der Waals surface area contributed by atoms with Gasteiger partial charge in [0.05, 0.1) is 24.3 Å². The molecule has 4 aromatic rings. The summed E-state index contributed by atoms with van der Waals surface area (Å²) in [5.74, 6) is 0.690. The molecule has 0 saturated carbocycles. The van der Waals surface area contributed by atoms with Crippen molar-refractivity contribution in [1.29, 1.82) is 5.26 Å². The van der Waals surface area contributed by atoms with Crippen LogP contribution >= 0.6 is 11.6 Å². The van der Waals surface area contributed by atoms with Gasteiger partial charge in [-0.2, -0.15) is 5.26 Å². The van der Waals surface area contributed by atoms with E-state index in [0.717, 1.165) is 41.7 Å². The largest absolute Gasteiger partial charge is 0.488 e. The summed E-state index contributed by atoms with van der Waals surface area (Å²) in [5.41, 5.74) is 5.46. The van der Waals surface area contributed by atoms with Crippen LogP contribution in [-0.2, 0) is 24.2 Å². The van der Waals surface area contributed by atoms with Gasteiger partial charge in [-0.25, -0.2) is 4.79 Å². The molecule has 0 fully saturated rings. The van der Waals surface area contributed by atoms with E-state index in [4.69, 9.17) is 26.3 Å².